The molecule has 0 saturated heterocycles. The Morgan fingerprint density at radius 3 is 2.73 bits per heavy atom. The van der Waals surface area contributed by atoms with Crippen LogP contribution in [0.3, 0.4) is 0 Å². The van der Waals surface area contributed by atoms with Crippen LogP contribution in [0.4, 0.5) is 20.6 Å². The number of carbonyl (C=O) groups excluding carboxylic acids is 1. The largest absolute Gasteiger partial charge is 0.423 e. The van der Waals surface area contributed by atoms with Crippen molar-refractivity contribution < 1.29 is 23.3 Å². The van der Waals surface area contributed by atoms with Gasteiger partial charge in [0.15, 0.2) is 0 Å². The second-order valence-electron chi connectivity index (χ2n) is 5.34. The molecule has 0 aliphatic rings. The van der Waals surface area contributed by atoms with Crippen LogP contribution in [0.2, 0.25) is 0 Å². The summed E-state index contributed by atoms with van der Waals surface area (Å²) in [6.07, 6.45) is -0.944. The zero-order valence-electron chi connectivity index (χ0n) is 13.3. The summed E-state index contributed by atoms with van der Waals surface area (Å²) in [5.41, 5.74) is -0.351. The van der Waals surface area contributed by atoms with Gasteiger partial charge in [-0.3, -0.25) is 15.4 Å². The molecule has 0 spiro atoms. The van der Waals surface area contributed by atoms with Crippen LogP contribution in [0.25, 0.3) is 11.0 Å². The number of nitro benzene ring substituents is 1. The first kappa shape index (κ1) is 17.1. The summed E-state index contributed by atoms with van der Waals surface area (Å²) in [5, 5.41) is 13.7. The first-order valence-electron chi connectivity index (χ1n) is 7.31. The SMILES string of the molecule is Cc1cc(=O)oc2cc(OC(=O)Nc3ccc(F)c([N+](=O)[O-])c3)ccc12. The molecule has 0 atom stereocenters. The monoisotopic (exact) mass is 358 g/mol. The number of fused-ring (bicyclic) bond motifs is 1. The number of nitrogens with one attached hydrogen (secondary N) is 1. The predicted molar refractivity (Wildman–Crippen MR) is 89.9 cm³/mol. The van der Waals surface area contributed by atoms with E-state index in [2.05, 4.69) is 5.32 Å². The minimum atomic E-state index is -1.02. The molecule has 132 valence electrons. The highest BCUT2D eigenvalue weighted by Crippen LogP contribution is 2.24. The molecule has 0 bridgehead atoms. The van der Waals surface area contributed by atoms with Gasteiger partial charge < -0.3 is 9.15 Å². The van der Waals surface area contributed by atoms with Crippen LogP contribution >= 0.6 is 0 Å². The van der Waals surface area contributed by atoms with Crippen LogP contribution in [0.15, 0.2) is 51.7 Å². The van der Waals surface area contributed by atoms with Crippen LogP contribution < -0.4 is 15.7 Å². The quantitative estimate of drug-likeness (QED) is 0.433. The summed E-state index contributed by atoms with van der Waals surface area (Å²) in [6.45, 7) is 1.74. The van der Waals surface area contributed by atoms with Crippen molar-refractivity contribution in [1.29, 1.82) is 0 Å². The van der Waals surface area contributed by atoms with Gasteiger partial charge >= 0.3 is 17.4 Å². The van der Waals surface area contributed by atoms with Crippen LogP contribution in [0, 0.1) is 22.9 Å². The number of nitro groups is 1. The van der Waals surface area contributed by atoms with Gasteiger partial charge in [0.2, 0.25) is 5.82 Å². The normalized spacial score (nSPS) is 10.5. The summed E-state index contributed by atoms with van der Waals surface area (Å²) >= 11 is 0. The van der Waals surface area contributed by atoms with E-state index in [4.69, 9.17) is 9.15 Å². The fraction of sp³-hybridized carbons (Fsp3) is 0.0588. The van der Waals surface area contributed by atoms with Crippen molar-refractivity contribution in [3.05, 3.63) is 74.4 Å². The molecule has 1 N–H and O–H groups in total. The fourth-order valence-electron chi connectivity index (χ4n) is 2.35. The summed E-state index contributed by atoms with van der Waals surface area (Å²) in [6, 6.07) is 8.74. The number of rotatable bonds is 3. The van der Waals surface area contributed by atoms with Crippen LogP contribution in [-0.4, -0.2) is 11.0 Å². The number of anilines is 1. The van der Waals surface area contributed by atoms with Gasteiger partial charge in [0.05, 0.1) is 10.6 Å². The van der Waals surface area contributed by atoms with E-state index >= 15 is 0 Å². The number of ether oxygens (including phenoxy) is 1. The Morgan fingerprint density at radius 1 is 1.23 bits per heavy atom. The molecular formula is C17H11FN2O6. The van der Waals surface area contributed by atoms with Crippen molar-refractivity contribution in [3.63, 3.8) is 0 Å². The number of hydrogen-bond donors (Lipinski definition) is 1. The lowest BCUT2D eigenvalue weighted by Crippen LogP contribution is -2.17. The van der Waals surface area contributed by atoms with Gasteiger partial charge in [0.25, 0.3) is 0 Å². The lowest BCUT2D eigenvalue weighted by Gasteiger charge is -2.08. The molecule has 26 heavy (non-hydrogen) atoms. The van der Waals surface area contributed by atoms with Crippen molar-refractivity contribution in [3.8, 4) is 5.75 Å². The number of hydrogen-bond acceptors (Lipinski definition) is 6. The smallest absolute Gasteiger partial charge is 0.417 e. The van der Waals surface area contributed by atoms with Gasteiger partial charge in [0.1, 0.15) is 11.3 Å². The molecule has 3 rings (SSSR count). The van der Waals surface area contributed by atoms with Crippen molar-refractivity contribution in [1.82, 2.24) is 0 Å². The first-order chi connectivity index (χ1) is 12.3. The van der Waals surface area contributed by atoms with Crippen LogP contribution in [-0.2, 0) is 0 Å². The highest BCUT2D eigenvalue weighted by atomic mass is 19.1. The molecule has 0 fully saturated rings. The number of amides is 1. The highest BCUT2D eigenvalue weighted by Gasteiger charge is 2.16. The predicted octanol–water partition coefficient (Wildman–Crippen LogP) is 3.76. The van der Waals surface area contributed by atoms with Crippen molar-refractivity contribution in [2.24, 2.45) is 0 Å². The molecule has 0 aliphatic carbocycles. The summed E-state index contributed by atoms with van der Waals surface area (Å²) in [4.78, 5) is 33.2. The van der Waals surface area contributed by atoms with Gasteiger partial charge in [-0.15, -0.1) is 0 Å². The Morgan fingerprint density at radius 2 is 2.00 bits per heavy atom. The number of carbonyl (C=O) groups is 1. The molecule has 3 aromatic rings. The molecule has 1 heterocycles. The topological polar surface area (TPSA) is 112 Å². The third-order valence-electron chi connectivity index (χ3n) is 3.52. The fourth-order valence-corrected chi connectivity index (χ4v) is 2.35. The van der Waals surface area contributed by atoms with E-state index in [1.54, 1.807) is 13.0 Å². The van der Waals surface area contributed by atoms with Gasteiger partial charge in [-0.1, -0.05) is 0 Å². The average Bonchev–Trinajstić information content (AvgIpc) is 2.55. The average molecular weight is 358 g/mol. The van der Waals surface area contributed by atoms with E-state index in [0.29, 0.717) is 10.9 Å². The minimum Gasteiger partial charge on any atom is -0.423 e. The van der Waals surface area contributed by atoms with E-state index in [0.717, 1.165) is 18.2 Å². The van der Waals surface area contributed by atoms with E-state index in [9.17, 15) is 24.1 Å². The maximum absolute atomic E-state index is 13.3. The van der Waals surface area contributed by atoms with Gasteiger partial charge in [-0.25, -0.2) is 9.59 Å². The van der Waals surface area contributed by atoms with Gasteiger partial charge in [-0.2, -0.15) is 4.39 Å². The summed E-state index contributed by atoms with van der Waals surface area (Å²) < 4.78 is 23.4. The van der Waals surface area contributed by atoms with Gasteiger partial charge in [-0.05, 0) is 36.8 Å². The van der Waals surface area contributed by atoms with Gasteiger partial charge in [0, 0.05) is 23.6 Å². The van der Waals surface area contributed by atoms with Crippen molar-refractivity contribution >= 4 is 28.4 Å². The van der Waals surface area contributed by atoms with Crippen LogP contribution in [0.5, 0.6) is 5.75 Å². The van der Waals surface area contributed by atoms with E-state index in [1.165, 1.54) is 18.2 Å². The number of nitrogens with zero attached hydrogens (tertiary/aromatic N) is 1. The molecule has 2 aromatic carbocycles. The van der Waals surface area contributed by atoms with Crippen molar-refractivity contribution in [2.45, 2.75) is 6.92 Å². The molecule has 1 amide bonds. The molecule has 8 nitrogen and oxygen atoms in total. The minimum absolute atomic E-state index is 0.00809. The molecule has 1 aromatic heterocycles. The van der Waals surface area contributed by atoms with E-state index < -0.39 is 28.1 Å². The van der Waals surface area contributed by atoms with Crippen LogP contribution in [0.1, 0.15) is 5.56 Å². The summed E-state index contributed by atoms with van der Waals surface area (Å²) in [7, 11) is 0. The lowest BCUT2D eigenvalue weighted by atomic mass is 10.1. The molecule has 9 heteroatoms. The molecule has 0 saturated carbocycles. The first-order valence-corrected chi connectivity index (χ1v) is 7.31. The Balaban J connectivity index is 1.80. The zero-order valence-corrected chi connectivity index (χ0v) is 13.3. The number of aryl methyl sites for hydroxylation is 1. The Hall–Kier alpha value is -3.75. The zero-order chi connectivity index (χ0) is 18.8. The standard InChI is InChI=1S/C17H11FN2O6/c1-9-6-16(21)26-15-8-11(3-4-12(9)15)25-17(22)19-10-2-5-13(18)14(7-10)20(23)24/h2-8H,1H3,(H,19,22). The maximum atomic E-state index is 13.3. The summed E-state index contributed by atoms with van der Waals surface area (Å²) in [5.74, 6) is -0.922. The van der Waals surface area contributed by atoms with Crippen molar-refractivity contribution in [2.75, 3.05) is 5.32 Å². The second-order valence-corrected chi connectivity index (χ2v) is 5.34. The molecule has 0 unspecified atom stereocenters. The molecule has 0 radical (unpaired) electrons. The Kier molecular flexibility index (Phi) is 4.36. The van der Waals surface area contributed by atoms with E-state index in [-0.39, 0.29) is 17.0 Å². The third kappa shape index (κ3) is 3.51. The maximum Gasteiger partial charge on any atom is 0.417 e. The molecular weight excluding hydrogens is 347 g/mol. The lowest BCUT2D eigenvalue weighted by molar-refractivity contribution is -0.387. The Labute approximate surface area is 145 Å². The number of halogens is 1. The third-order valence-corrected chi connectivity index (χ3v) is 3.52. The highest BCUT2D eigenvalue weighted by molar-refractivity contribution is 5.88. The van der Waals surface area contributed by atoms with E-state index in [1.807, 2.05) is 0 Å². The Bertz CT molecular complexity index is 1090. The molecule has 0 aliphatic heterocycles. The number of benzene rings is 2. The second kappa shape index (κ2) is 6.63.